The number of benzene rings is 3. The molecule has 0 bridgehead atoms. The highest BCUT2D eigenvalue weighted by Crippen LogP contribution is 2.41. The van der Waals surface area contributed by atoms with Gasteiger partial charge in [-0.15, -0.1) is 39.5 Å². The van der Waals surface area contributed by atoms with Crippen molar-refractivity contribution in [2.45, 2.75) is 39.4 Å². The van der Waals surface area contributed by atoms with Crippen molar-refractivity contribution < 1.29 is 64.4 Å². The molecule has 74 heavy (non-hydrogen) atoms. The van der Waals surface area contributed by atoms with Gasteiger partial charge in [-0.1, -0.05) is 30.4 Å². The first kappa shape index (κ1) is 59.1. The van der Waals surface area contributed by atoms with Gasteiger partial charge in [0.05, 0.1) is 36.1 Å². The molecule has 0 aliphatic rings. The molecule has 0 amide bonds. The van der Waals surface area contributed by atoms with Crippen LogP contribution in [0.1, 0.15) is 42.0 Å². The van der Waals surface area contributed by atoms with Crippen molar-refractivity contribution in [1.29, 1.82) is 26.3 Å². The Morgan fingerprint density at radius 2 is 1.04 bits per heavy atom. The van der Waals surface area contributed by atoms with Crippen molar-refractivity contribution in [2.75, 3.05) is 74.8 Å². The van der Waals surface area contributed by atoms with Crippen LogP contribution in [0, 0.1) is 69.0 Å². The molecule has 0 aliphatic carbocycles. The van der Waals surface area contributed by atoms with Gasteiger partial charge in [0.2, 0.25) is 0 Å². The summed E-state index contributed by atoms with van der Waals surface area (Å²) >= 11 is 0. The van der Waals surface area contributed by atoms with E-state index < -0.39 is 95.3 Å². The zero-order valence-electron chi connectivity index (χ0n) is 40.5. The first-order chi connectivity index (χ1) is 34.9. The predicted octanol–water partition coefficient (Wildman–Crippen LogP) is 9.43. The number of halogens is 6. The number of ether oxygens (including phenoxy) is 5. The van der Waals surface area contributed by atoms with Gasteiger partial charge in [0.1, 0.15) is 60.5 Å². The average Bonchev–Trinajstić information content (AvgIpc) is 3.35. The summed E-state index contributed by atoms with van der Waals surface area (Å²) in [4.78, 5) is 45.1. The molecular weight excluding hydrogens is 979 g/mol. The molecule has 3 rings (SSSR count). The summed E-state index contributed by atoms with van der Waals surface area (Å²) in [6, 6.07) is 21.6. The van der Waals surface area contributed by atoms with Crippen LogP contribution in [0.5, 0.6) is 11.5 Å². The lowest BCUT2D eigenvalue weighted by atomic mass is 9.94. The number of anilines is 3. The van der Waals surface area contributed by atoms with Crippen LogP contribution < -0.4 is 24.2 Å². The van der Waals surface area contributed by atoms with E-state index >= 15 is 0 Å². The third kappa shape index (κ3) is 18.5. The van der Waals surface area contributed by atoms with Crippen LogP contribution in [0.25, 0.3) is 18.2 Å². The van der Waals surface area contributed by atoms with E-state index in [-0.39, 0.29) is 25.9 Å². The molecule has 0 N–H and O–H groups in total. The third-order valence-electron chi connectivity index (χ3n) is 10.3. The molecule has 0 saturated carbocycles. The van der Waals surface area contributed by atoms with E-state index in [2.05, 4.69) is 28.7 Å². The van der Waals surface area contributed by atoms with E-state index in [0.29, 0.717) is 48.0 Å². The summed E-state index contributed by atoms with van der Waals surface area (Å²) in [7, 11) is 3.54. The minimum atomic E-state index is -5.45. The van der Waals surface area contributed by atoms with Crippen molar-refractivity contribution in [3.05, 3.63) is 119 Å². The van der Waals surface area contributed by atoms with E-state index in [1.165, 1.54) is 37.3 Å². The molecule has 1 atom stereocenters. The maximum atomic E-state index is 13.8. The Kier molecular flexibility index (Phi) is 21.9. The Labute approximate surface area is 423 Å². The quantitative estimate of drug-likeness (QED) is 0.0192. The number of carbonyl (C=O) groups is 3. The van der Waals surface area contributed by atoms with Crippen LogP contribution >= 0.6 is 0 Å². The Bertz CT molecular complexity index is 2850. The van der Waals surface area contributed by atoms with Crippen LogP contribution in [0.4, 0.5) is 43.4 Å². The maximum Gasteiger partial charge on any atom is 0.573 e. The van der Waals surface area contributed by atoms with Gasteiger partial charge in [0.15, 0.2) is 5.75 Å². The summed E-state index contributed by atoms with van der Waals surface area (Å²) in [5.41, 5.74) is -2.41. The highest BCUT2D eigenvalue weighted by molar-refractivity contribution is 6.00. The fraction of sp³-hybridized carbons (Fsp3) is 0.308. The molecule has 22 heteroatoms. The molecule has 0 heterocycles. The van der Waals surface area contributed by atoms with E-state index in [4.69, 9.17) is 24.7 Å². The SMILES string of the molecule is C=CCN(CC=C)c1cc(OC(F)(F)F)c(/C=C(\C#N)C(=O)OCC(C)(COC(=O)/C(C#N)=C/c2ccc(N(C)CCC#N)cc2)COC(=O)/C(C#N)=C/c2ccc(N(C)CCC#N)cc2C)cc1OC(F)(F)F. The lowest BCUT2D eigenvalue weighted by Crippen LogP contribution is -2.37. The molecule has 3 aromatic rings. The van der Waals surface area contributed by atoms with Crippen LogP contribution in [-0.4, -0.2) is 90.7 Å². The Balaban J connectivity index is 2.05. The van der Waals surface area contributed by atoms with Crippen molar-refractivity contribution in [1.82, 2.24) is 0 Å². The summed E-state index contributed by atoms with van der Waals surface area (Å²) in [6.45, 7) is 7.93. The maximum absolute atomic E-state index is 13.8. The van der Waals surface area contributed by atoms with E-state index in [1.54, 1.807) is 75.6 Å². The molecule has 0 spiro atoms. The minimum absolute atomic E-state index is 0.211. The third-order valence-corrected chi connectivity index (χ3v) is 10.3. The number of nitrogens with zero attached hydrogens (tertiary/aromatic N) is 8. The molecule has 0 aliphatic heterocycles. The van der Waals surface area contributed by atoms with Gasteiger partial charge in [0.25, 0.3) is 0 Å². The first-order valence-corrected chi connectivity index (χ1v) is 21.8. The van der Waals surface area contributed by atoms with Crippen LogP contribution in [0.2, 0.25) is 0 Å². The lowest BCUT2D eigenvalue weighted by molar-refractivity contribution is -0.276. The first-order valence-electron chi connectivity index (χ1n) is 21.8. The lowest BCUT2D eigenvalue weighted by Gasteiger charge is -2.28. The van der Waals surface area contributed by atoms with E-state index in [9.17, 15) is 56.5 Å². The number of aryl methyl sites for hydroxylation is 1. The largest absolute Gasteiger partial charge is 0.573 e. The van der Waals surface area contributed by atoms with Gasteiger partial charge in [-0.25, -0.2) is 14.4 Å². The highest BCUT2D eigenvalue weighted by Gasteiger charge is 2.37. The summed E-state index contributed by atoms with van der Waals surface area (Å²) in [6.07, 6.45) is -4.94. The predicted molar refractivity (Wildman–Crippen MR) is 259 cm³/mol. The van der Waals surface area contributed by atoms with Crippen molar-refractivity contribution in [2.24, 2.45) is 5.41 Å². The number of hydrogen-bond acceptors (Lipinski definition) is 16. The van der Waals surface area contributed by atoms with Gasteiger partial charge < -0.3 is 38.4 Å². The molecule has 386 valence electrons. The Morgan fingerprint density at radius 3 is 1.47 bits per heavy atom. The second-order valence-electron chi connectivity index (χ2n) is 16.3. The molecule has 1 unspecified atom stereocenters. The van der Waals surface area contributed by atoms with Crippen LogP contribution in [-0.2, 0) is 28.6 Å². The molecule has 16 nitrogen and oxygen atoms in total. The second-order valence-corrected chi connectivity index (χ2v) is 16.3. The smallest absolute Gasteiger partial charge is 0.461 e. The standard InChI is InChI=1S/C52H48F6N8O8/c1-7-19-66(20-8-2)44-28-45(73-51(53,54)55)38(27-46(44)74-52(56,57)58)26-41(31-63)49(69)72-34-50(4,32-70-47(67)39(29-61)24-36-11-14-42(15-12-36)64(5)21-9-17-59)33-71-48(68)40(30-62)25-37-13-16-43(23-35(37)3)65(6)22-10-18-60/h7-8,11-16,23-28H,1-2,9-10,19-22,32-34H2,3-6H3/b39-24+,40-25+,41-26+. The number of alkyl halides is 6. The number of rotatable bonds is 25. The van der Waals surface area contributed by atoms with Crippen molar-refractivity contribution in [3.8, 4) is 41.8 Å². The summed E-state index contributed by atoms with van der Waals surface area (Å²) in [5.74, 6) is -6.20. The molecule has 0 aromatic heterocycles. The number of esters is 3. The summed E-state index contributed by atoms with van der Waals surface area (Å²) < 4.78 is 107. The zero-order chi connectivity index (χ0) is 55.2. The molecule has 0 radical (unpaired) electrons. The van der Waals surface area contributed by atoms with Gasteiger partial charge in [0, 0.05) is 63.3 Å². The topological polar surface area (TPSA) is 226 Å². The van der Waals surface area contributed by atoms with Gasteiger partial charge in [-0.2, -0.15) is 26.3 Å². The summed E-state index contributed by atoms with van der Waals surface area (Å²) in [5, 5.41) is 47.8. The minimum Gasteiger partial charge on any atom is -0.461 e. The molecule has 3 aromatic carbocycles. The van der Waals surface area contributed by atoms with Crippen molar-refractivity contribution >= 4 is 53.2 Å². The van der Waals surface area contributed by atoms with Crippen molar-refractivity contribution in [3.63, 3.8) is 0 Å². The monoisotopic (exact) mass is 1030 g/mol. The fourth-order valence-electron chi connectivity index (χ4n) is 6.47. The second kappa shape index (κ2) is 27.4. The number of hydrogen-bond donors (Lipinski definition) is 0. The van der Waals surface area contributed by atoms with E-state index in [1.807, 2.05) is 15.9 Å². The van der Waals surface area contributed by atoms with Gasteiger partial charge >= 0.3 is 30.6 Å². The number of nitriles is 5. The van der Waals surface area contributed by atoms with Crippen LogP contribution in [0.3, 0.4) is 0 Å². The van der Waals surface area contributed by atoms with Crippen LogP contribution in [0.15, 0.2) is 96.6 Å². The Hall–Kier alpha value is -9.20. The van der Waals surface area contributed by atoms with E-state index in [0.717, 1.165) is 16.3 Å². The zero-order valence-corrected chi connectivity index (χ0v) is 40.5. The average molecular weight is 1030 g/mol. The Morgan fingerprint density at radius 1 is 0.608 bits per heavy atom. The van der Waals surface area contributed by atoms with Gasteiger partial charge in [-0.05, 0) is 79.1 Å². The molecular formula is C52H48F6N8O8. The molecule has 0 saturated heterocycles. The normalized spacial score (nSPS) is 12.4. The highest BCUT2D eigenvalue weighted by atomic mass is 19.4. The van der Waals surface area contributed by atoms with Gasteiger partial charge in [-0.3, -0.25) is 0 Å². The fourth-order valence-corrected chi connectivity index (χ4v) is 6.47. The molecule has 0 fully saturated rings. The number of carbonyl (C=O) groups excluding carboxylic acids is 3.